The molecule has 1 amide bonds. The fourth-order valence-corrected chi connectivity index (χ4v) is 2.54. The number of nitrogens with one attached hydrogen (secondary N) is 3. The molecule has 0 unspecified atom stereocenters. The molecular weight excluding hydrogens is 396 g/mol. The minimum atomic E-state index is -0.275. The zero-order chi connectivity index (χ0) is 18.5. The molecule has 0 saturated heterocycles. The molecule has 3 aromatic rings. The van der Waals surface area contributed by atoms with E-state index in [1.165, 1.54) is 6.33 Å². The number of anilines is 4. The predicted octanol–water partition coefficient (Wildman–Crippen LogP) is 3.63. The number of nitrogens with zero attached hydrogens (tertiary/aromatic N) is 2. The summed E-state index contributed by atoms with van der Waals surface area (Å²) < 4.78 is 0.972. The van der Waals surface area contributed by atoms with Crippen molar-refractivity contribution in [2.45, 2.75) is 6.92 Å². The topological polar surface area (TPSA) is 105 Å². The number of carbonyl (C=O) groups is 1. The van der Waals surface area contributed by atoms with Crippen molar-refractivity contribution in [2.75, 3.05) is 16.5 Å². The smallest absolute Gasteiger partial charge is 0.269 e. The molecule has 0 fully saturated rings. The van der Waals surface area contributed by atoms with E-state index in [4.69, 9.17) is 5.73 Å². The van der Waals surface area contributed by atoms with Gasteiger partial charge < -0.3 is 11.1 Å². The lowest BCUT2D eigenvalue weighted by Crippen LogP contribution is -2.30. The van der Waals surface area contributed by atoms with Gasteiger partial charge in [-0.15, -0.1) is 0 Å². The predicted molar refractivity (Wildman–Crippen MR) is 106 cm³/mol. The summed E-state index contributed by atoms with van der Waals surface area (Å²) >= 11 is 3.39. The van der Waals surface area contributed by atoms with Gasteiger partial charge in [-0.3, -0.25) is 15.6 Å². The van der Waals surface area contributed by atoms with Crippen molar-refractivity contribution in [3.63, 3.8) is 0 Å². The van der Waals surface area contributed by atoms with Gasteiger partial charge in [-0.25, -0.2) is 9.97 Å². The third-order valence-electron chi connectivity index (χ3n) is 3.67. The van der Waals surface area contributed by atoms with Gasteiger partial charge in [0.15, 0.2) is 11.6 Å². The summed E-state index contributed by atoms with van der Waals surface area (Å²) in [5, 5.41) is 3.12. The van der Waals surface area contributed by atoms with Crippen molar-refractivity contribution in [1.82, 2.24) is 15.4 Å². The van der Waals surface area contributed by atoms with Crippen molar-refractivity contribution < 1.29 is 4.79 Å². The van der Waals surface area contributed by atoms with E-state index in [1.807, 2.05) is 43.3 Å². The van der Waals surface area contributed by atoms with E-state index < -0.39 is 0 Å². The highest BCUT2D eigenvalue weighted by atomic mass is 79.9. The molecule has 26 heavy (non-hydrogen) atoms. The van der Waals surface area contributed by atoms with Crippen LogP contribution in [0.25, 0.3) is 0 Å². The Morgan fingerprint density at radius 3 is 2.46 bits per heavy atom. The number of nitrogen functional groups attached to an aromatic ring is 1. The van der Waals surface area contributed by atoms with E-state index in [1.54, 1.807) is 12.1 Å². The first-order chi connectivity index (χ1) is 12.5. The molecule has 5 N–H and O–H groups in total. The van der Waals surface area contributed by atoms with Crippen molar-refractivity contribution in [3.8, 4) is 0 Å². The van der Waals surface area contributed by atoms with Gasteiger partial charge in [-0.05, 0) is 42.8 Å². The molecule has 2 aromatic carbocycles. The molecule has 0 aliphatic rings. The number of benzene rings is 2. The lowest BCUT2D eigenvalue weighted by atomic mass is 10.1. The molecule has 0 atom stereocenters. The first kappa shape index (κ1) is 17.7. The largest absolute Gasteiger partial charge is 0.393 e. The number of nitrogens with two attached hydrogens (primary N) is 1. The van der Waals surface area contributed by atoms with Gasteiger partial charge in [0.05, 0.1) is 0 Å². The lowest BCUT2D eigenvalue weighted by Gasteiger charge is -2.13. The Kier molecular flexibility index (Phi) is 5.33. The normalized spacial score (nSPS) is 10.2. The Labute approximate surface area is 159 Å². The van der Waals surface area contributed by atoms with E-state index in [9.17, 15) is 4.79 Å². The van der Waals surface area contributed by atoms with E-state index in [0.717, 1.165) is 15.7 Å². The van der Waals surface area contributed by atoms with Crippen LogP contribution in [-0.2, 0) is 0 Å². The second-order valence-corrected chi connectivity index (χ2v) is 6.43. The van der Waals surface area contributed by atoms with Crippen molar-refractivity contribution in [2.24, 2.45) is 0 Å². The molecule has 1 heterocycles. The van der Waals surface area contributed by atoms with Gasteiger partial charge in [-0.2, -0.15) is 0 Å². The van der Waals surface area contributed by atoms with Gasteiger partial charge in [0, 0.05) is 15.7 Å². The molecular formula is C18H17BrN6O. The van der Waals surface area contributed by atoms with Crippen LogP contribution in [0.4, 0.5) is 23.0 Å². The monoisotopic (exact) mass is 412 g/mol. The minimum Gasteiger partial charge on any atom is -0.393 e. The zero-order valence-corrected chi connectivity index (χ0v) is 15.5. The fraction of sp³-hybridized carbons (Fsp3) is 0.0556. The Morgan fingerprint density at radius 2 is 1.73 bits per heavy atom. The van der Waals surface area contributed by atoms with Gasteiger partial charge in [-0.1, -0.05) is 34.1 Å². The Hall–Kier alpha value is -3.13. The number of hydrazine groups is 1. The summed E-state index contributed by atoms with van der Waals surface area (Å²) in [5.74, 6) is 0.472. The van der Waals surface area contributed by atoms with Crippen molar-refractivity contribution >= 4 is 44.8 Å². The molecule has 0 aliphatic heterocycles. The van der Waals surface area contributed by atoms with Crippen LogP contribution >= 0.6 is 15.9 Å². The van der Waals surface area contributed by atoms with Gasteiger partial charge in [0.2, 0.25) is 0 Å². The average Bonchev–Trinajstić information content (AvgIpc) is 2.64. The van der Waals surface area contributed by atoms with Gasteiger partial charge in [0.1, 0.15) is 12.0 Å². The van der Waals surface area contributed by atoms with Crippen LogP contribution in [0.5, 0.6) is 0 Å². The first-order valence-corrected chi connectivity index (χ1v) is 8.59. The van der Waals surface area contributed by atoms with E-state index in [0.29, 0.717) is 22.9 Å². The summed E-state index contributed by atoms with van der Waals surface area (Å²) in [6.45, 7) is 1.87. The number of carbonyl (C=O) groups excluding carboxylic acids is 1. The highest BCUT2D eigenvalue weighted by Crippen LogP contribution is 2.26. The van der Waals surface area contributed by atoms with E-state index in [2.05, 4.69) is 42.1 Å². The highest BCUT2D eigenvalue weighted by Gasteiger charge is 2.11. The standard InChI is InChI=1S/C18H17BrN6O/c1-11-4-2-3-5-14(11)18(26)25-24-17-15(20)16(21-10-22-17)23-13-8-6-12(19)7-9-13/h2-10H,20H2,1H3,(H,25,26)(H2,21,22,23,24). The highest BCUT2D eigenvalue weighted by molar-refractivity contribution is 9.10. The van der Waals surface area contributed by atoms with Crippen LogP contribution < -0.4 is 21.9 Å². The van der Waals surface area contributed by atoms with Crippen molar-refractivity contribution in [3.05, 3.63) is 70.5 Å². The summed E-state index contributed by atoms with van der Waals surface area (Å²) in [4.78, 5) is 20.5. The number of hydrogen-bond donors (Lipinski definition) is 4. The van der Waals surface area contributed by atoms with Crippen LogP contribution in [0.2, 0.25) is 0 Å². The summed E-state index contributed by atoms with van der Waals surface area (Å²) in [7, 11) is 0. The number of aromatic nitrogens is 2. The molecule has 1 aromatic heterocycles. The van der Waals surface area contributed by atoms with Crippen LogP contribution in [0.15, 0.2) is 59.3 Å². The summed E-state index contributed by atoms with van der Waals surface area (Å²) in [5.41, 5.74) is 14.0. The molecule has 0 bridgehead atoms. The third kappa shape index (κ3) is 4.09. The lowest BCUT2D eigenvalue weighted by molar-refractivity contribution is 0.0962. The van der Waals surface area contributed by atoms with Crippen LogP contribution in [-0.4, -0.2) is 15.9 Å². The molecule has 3 rings (SSSR count). The molecule has 8 heteroatoms. The Balaban J connectivity index is 1.72. The maximum Gasteiger partial charge on any atom is 0.269 e. The number of rotatable bonds is 5. The maximum absolute atomic E-state index is 12.3. The molecule has 132 valence electrons. The van der Waals surface area contributed by atoms with E-state index >= 15 is 0 Å². The summed E-state index contributed by atoms with van der Waals surface area (Å²) in [6, 6.07) is 14.9. The molecule has 0 aliphatic carbocycles. The minimum absolute atomic E-state index is 0.275. The maximum atomic E-state index is 12.3. The number of amides is 1. The fourth-order valence-electron chi connectivity index (χ4n) is 2.28. The Morgan fingerprint density at radius 1 is 1.04 bits per heavy atom. The number of aryl methyl sites for hydroxylation is 1. The Bertz CT molecular complexity index is 929. The van der Waals surface area contributed by atoms with Gasteiger partial charge >= 0.3 is 0 Å². The number of hydrogen-bond acceptors (Lipinski definition) is 6. The molecule has 7 nitrogen and oxygen atoms in total. The second kappa shape index (κ2) is 7.83. The molecule has 0 spiro atoms. The van der Waals surface area contributed by atoms with E-state index in [-0.39, 0.29) is 5.91 Å². The van der Waals surface area contributed by atoms with Crippen LogP contribution in [0.1, 0.15) is 15.9 Å². The van der Waals surface area contributed by atoms with Crippen LogP contribution in [0, 0.1) is 6.92 Å². The van der Waals surface area contributed by atoms with Gasteiger partial charge in [0.25, 0.3) is 5.91 Å². The zero-order valence-electron chi connectivity index (χ0n) is 14.0. The molecule has 0 radical (unpaired) electrons. The quantitative estimate of drug-likeness (QED) is 0.476. The third-order valence-corrected chi connectivity index (χ3v) is 4.20. The second-order valence-electron chi connectivity index (χ2n) is 5.51. The summed E-state index contributed by atoms with van der Waals surface area (Å²) in [6.07, 6.45) is 1.36. The van der Waals surface area contributed by atoms with Crippen molar-refractivity contribution in [1.29, 1.82) is 0 Å². The SMILES string of the molecule is Cc1ccccc1C(=O)NNc1ncnc(Nc2ccc(Br)cc2)c1N. The first-order valence-electron chi connectivity index (χ1n) is 7.79. The molecule has 0 saturated carbocycles. The number of halogens is 1. The average molecular weight is 413 g/mol. The van der Waals surface area contributed by atoms with Crippen LogP contribution in [0.3, 0.4) is 0 Å².